The number of benzene rings is 3. The highest BCUT2D eigenvalue weighted by Gasteiger charge is 2.24. The zero-order chi connectivity index (χ0) is 25.4. The quantitative estimate of drug-likeness (QED) is 0.255. The zero-order valence-corrected chi connectivity index (χ0v) is 22.1. The van der Waals surface area contributed by atoms with Crippen LogP contribution in [-0.4, -0.2) is 24.1 Å². The van der Waals surface area contributed by atoms with E-state index in [1.165, 1.54) is 6.21 Å². The van der Waals surface area contributed by atoms with E-state index in [2.05, 4.69) is 31.8 Å². The van der Waals surface area contributed by atoms with Crippen LogP contribution in [0.4, 0.5) is 0 Å². The maximum atomic E-state index is 12.7. The summed E-state index contributed by atoms with van der Waals surface area (Å²) in [7, 11) is 0. The van der Waals surface area contributed by atoms with Crippen molar-refractivity contribution in [3.63, 3.8) is 0 Å². The normalized spacial score (nSPS) is 11.9. The van der Waals surface area contributed by atoms with E-state index in [-0.39, 0.29) is 11.8 Å². The molecule has 0 aliphatic rings. The van der Waals surface area contributed by atoms with Crippen LogP contribution in [0.5, 0.6) is 5.75 Å². The van der Waals surface area contributed by atoms with Crippen LogP contribution in [0, 0.1) is 12.8 Å². The Morgan fingerprint density at radius 2 is 1.74 bits per heavy atom. The molecule has 0 saturated heterocycles. The summed E-state index contributed by atoms with van der Waals surface area (Å²) in [6.07, 6.45) is 1.53. The molecule has 35 heavy (non-hydrogen) atoms. The highest BCUT2D eigenvalue weighted by Crippen LogP contribution is 2.26. The van der Waals surface area contributed by atoms with Gasteiger partial charge in [0.15, 0.2) is 0 Å². The second kappa shape index (κ2) is 12.5. The van der Waals surface area contributed by atoms with Gasteiger partial charge in [0.1, 0.15) is 18.4 Å². The molecular weight excluding hydrogens is 530 g/mol. The largest absolute Gasteiger partial charge is 0.488 e. The van der Waals surface area contributed by atoms with Crippen LogP contribution in [0.25, 0.3) is 0 Å². The minimum Gasteiger partial charge on any atom is -0.488 e. The molecule has 1 unspecified atom stereocenters. The van der Waals surface area contributed by atoms with E-state index in [1.54, 1.807) is 12.1 Å². The number of nitrogens with zero attached hydrogens (tertiary/aromatic N) is 1. The van der Waals surface area contributed by atoms with Gasteiger partial charge in [-0.15, -0.1) is 0 Å². The molecular formula is C27H27BrClN3O3. The highest BCUT2D eigenvalue weighted by molar-refractivity contribution is 9.10. The molecule has 0 saturated carbocycles. The van der Waals surface area contributed by atoms with Crippen LogP contribution in [0.2, 0.25) is 5.02 Å². The van der Waals surface area contributed by atoms with Crippen LogP contribution in [0.1, 0.15) is 40.9 Å². The Balaban J connectivity index is 1.56. The zero-order valence-electron chi connectivity index (χ0n) is 19.7. The smallest absolute Gasteiger partial charge is 0.262 e. The molecule has 2 N–H and O–H groups in total. The van der Waals surface area contributed by atoms with Crippen molar-refractivity contribution >= 4 is 45.6 Å². The van der Waals surface area contributed by atoms with E-state index in [4.69, 9.17) is 16.3 Å². The number of halogens is 2. The summed E-state index contributed by atoms with van der Waals surface area (Å²) < 4.78 is 6.61. The first-order chi connectivity index (χ1) is 16.7. The van der Waals surface area contributed by atoms with Gasteiger partial charge in [0.05, 0.1) is 10.7 Å². The SMILES string of the molecule is Cc1ccc(C(=O)NC(C(=O)NN=Cc2ccc(OCc3ccc(Cl)cc3)c(Br)c2)C(C)C)cc1. The van der Waals surface area contributed by atoms with Gasteiger partial charge in [-0.25, -0.2) is 5.43 Å². The maximum absolute atomic E-state index is 12.7. The van der Waals surface area contributed by atoms with Crippen molar-refractivity contribution < 1.29 is 14.3 Å². The van der Waals surface area contributed by atoms with Gasteiger partial charge in [-0.1, -0.05) is 55.3 Å². The molecule has 0 aromatic heterocycles. The second-order valence-corrected chi connectivity index (χ2v) is 9.69. The van der Waals surface area contributed by atoms with E-state index >= 15 is 0 Å². The summed E-state index contributed by atoms with van der Waals surface area (Å²) in [6, 6.07) is 19.4. The molecule has 0 aliphatic heterocycles. The lowest BCUT2D eigenvalue weighted by Crippen LogP contribution is -2.48. The average molecular weight is 557 g/mol. The van der Waals surface area contributed by atoms with Gasteiger partial charge < -0.3 is 10.1 Å². The third kappa shape index (κ3) is 7.94. The summed E-state index contributed by atoms with van der Waals surface area (Å²) in [5.74, 6) is -0.134. The monoisotopic (exact) mass is 555 g/mol. The average Bonchev–Trinajstić information content (AvgIpc) is 2.83. The van der Waals surface area contributed by atoms with Crippen molar-refractivity contribution in [3.05, 3.63) is 98.5 Å². The number of carbonyl (C=O) groups excluding carboxylic acids is 2. The molecule has 6 nitrogen and oxygen atoms in total. The van der Waals surface area contributed by atoms with Crippen molar-refractivity contribution in [2.45, 2.75) is 33.4 Å². The Labute approximate surface area is 218 Å². The predicted molar refractivity (Wildman–Crippen MR) is 143 cm³/mol. The number of carbonyl (C=O) groups is 2. The minimum absolute atomic E-state index is 0.120. The number of nitrogens with one attached hydrogen (secondary N) is 2. The number of amides is 2. The third-order valence-corrected chi connectivity index (χ3v) is 6.07. The van der Waals surface area contributed by atoms with Gasteiger partial charge in [0, 0.05) is 10.6 Å². The van der Waals surface area contributed by atoms with Gasteiger partial charge in [0.2, 0.25) is 0 Å². The summed E-state index contributed by atoms with van der Waals surface area (Å²) in [5.41, 5.74) is 5.85. The fraction of sp³-hybridized carbons (Fsp3) is 0.222. The van der Waals surface area contributed by atoms with Crippen molar-refractivity contribution in [3.8, 4) is 5.75 Å². The molecule has 1 atom stereocenters. The lowest BCUT2D eigenvalue weighted by Gasteiger charge is -2.20. The molecule has 0 spiro atoms. The summed E-state index contributed by atoms with van der Waals surface area (Å²) >= 11 is 9.42. The van der Waals surface area contributed by atoms with E-state index in [1.807, 2.05) is 75.4 Å². The van der Waals surface area contributed by atoms with Gasteiger partial charge in [0.25, 0.3) is 11.8 Å². The molecule has 3 rings (SSSR count). The first kappa shape index (κ1) is 26.4. The Kier molecular flexibility index (Phi) is 9.46. The molecule has 0 heterocycles. The lowest BCUT2D eigenvalue weighted by molar-refractivity contribution is -0.123. The van der Waals surface area contributed by atoms with Crippen LogP contribution in [0.15, 0.2) is 76.3 Å². The fourth-order valence-corrected chi connectivity index (χ4v) is 3.80. The topological polar surface area (TPSA) is 79.8 Å². The Hall–Kier alpha value is -3.16. The van der Waals surface area contributed by atoms with E-state index in [9.17, 15) is 9.59 Å². The summed E-state index contributed by atoms with van der Waals surface area (Å²) in [4.78, 5) is 25.2. The standard InChI is InChI=1S/C27H27BrClN3O3/c1-17(2)25(31-26(33)21-9-4-18(3)5-10-21)27(34)32-30-15-20-8-13-24(23(28)14-20)35-16-19-6-11-22(29)12-7-19/h4-15,17,25H,16H2,1-3H3,(H,31,33)(H,32,34). The van der Waals surface area contributed by atoms with Crippen LogP contribution < -0.4 is 15.5 Å². The minimum atomic E-state index is -0.726. The molecule has 0 bridgehead atoms. The number of hydrogen-bond donors (Lipinski definition) is 2. The molecule has 3 aromatic rings. The molecule has 0 aliphatic carbocycles. The van der Waals surface area contributed by atoms with Crippen molar-refractivity contribution in [1.82, 2.24) is 10.7 Å². The molecule has 3 aromatic carbocycles. The number of hydrazone groups is 1. The van der Waals surface area contributed by atoms with Crippen molar-refractivity contribution in [1.29, 1.82) is 0 Å². The van der Waals surface area contributed by atoms with Gasteiger partial charge in [-0.3, -0.25) is 9.59 Å². The third-order valence-electron chi connectivity index (χ3n) is 5.20. The van der Waals surface area contributed by atoms with Gasteiger partial charge in [-0.05, 0) is 82.4 Å². The number of aryl methyl sites for hydroxylation is 1. The first-order valence-corrected chi connectivity index (χ1v) is 12.3. The van der Waals surface area contributed by atoms with Crippen molar-refractivity contribution in [2.24, 2.45) is 11.0 Å². The lowest BCUT2D eigenvalue weighted by atomic mass is 10.0. The number of rotatable bonds is 9. The van der Waals surface area contributed by atoms with Crippen LogP contribution in [-0.2, 0) is 11.4 Å². The Bertz CT molecular complexity index is 1200. The molecule has 0 radical (unpaired) electrons. The molecule has 0 fully saturated rings. The second-order valence-electron chi connectivity index (χ2n) is 8.40. The van der Waals surface area contributed by atoms with E-state index in [0.717, 1.165) is 21.2 Å². The van der Waals surface area contributed by atoms with E-state index in [0.29, 0.717) is 22.9 Å². The van der Waals surface area contributed by atoms with Crippen LogP contribution in [0.3, 0.4) is 0 Å². The molecule has 8 heteroatoms. The molecule has 182 valence electrons. The molecule has 2 amide bonds. The predicted octanol–water partition coefficient (Wildman–Crippen LogP) is 5.89. The maximum Gasteiger partial charge on any atom is 0.262 e. The van der Waals surface area contributed by atoms with Crippen LogP contribution >= 0.6 is 27.5 Å². The number of hydrogen-bond acceptors (Lipinski definition) is 4. The highest BCUT2D eigenvalue weighted by atomic mass is 79.9. The Morgan fingerprint density at radius 1 is 1.06 bits per heavy atom. The van der Waals surface area contributed by atoms with Crippen molar-refractivity contribution in [2.75, 3.05) is 0 Å². The number of ether oxygens (including phenoxy) is 1. The Morgan fingerprint density at radius 3 is 2.37 bits per heavy atom. The van der Waals surface area contributed by atoms with Gasteiger partial charge >= 0.3 is 0 Å². The van der Waals surface area contributed by atoms with E-state index < -0.39 is 11.9 Å². The van der Waals surface area contributed by atoms with Gasteiger partial charge in [-0.2, -0.15) is 5.10 Å². The summed E-state index contributed by atoms with van der Waals surface area (Å²) in [6.45, 7) is 6.08. The first-order valence-electron chi connectivity index (χ1n) is 11.1. The fourth-order valence-electron chi connectivity index (χ4n) is 3.16. The summed E-state index contributed by atoms with van der Waals surface area (Å²) in [5, 5.41) is 7.53.